The van der Waals surface area contributed by atoms with E-state index in [2.05, 4.69) is 21.1 Å². The van der Waals surface area contributed by atoms with Crippen molar-refractivity contribution in [3.05, 3.63) is 58.8 Å². The lowest BCUT2D eigenvalue weighted by Crippen LogP contribution is -2.49. The molecule has 1 fully saturated rings. The number of rotatable bonds is 7. The number of carbonyl (C=O) groups is 2. The first kappa shape index (κ1) is 25.0. The number of amides is 2. The Labute approximate surface area is 199 Å². The molecule has 0 spiro atoms. The van der Waals surface area contributed by atoms with Gasteiger partial charge < -0.3 is 15.0 Å². The van der Waals surface area contributed by atoms with Crippen LogP contribution >= 0.6 is 0 Å². The van der Waals surface area contributed by atoms with Crippen LogP contribution in [-0.4, -0.2) is 51.1 Å². The van der Waals surface area contributed by atoms with Crippen molar-refractivity contribution in [1.82, 2.24) is 15.0 Å². The number of esters is 1. The van der Waals surface area contributed by atoms with E-state index in [4.69, 9.17) is 4.74 Å². The molecule has 3 rings (SSSR count). The van der Waals surface area contributed by atoms with Gasteiger partial charge in [0, 0.05) is 19.1 Å². The van der Waals surface area contributed by atoms with Crippen molar-refractivity contribution in [2.75, 3.05) is 24.6 Å². The van der Waals surface area contributed by atoms with Gasteiger partial charge in [0.05, 0.1) is 29.2 Å². The predicted molar refractivity (Wildman–Crippen MR) is 126 cm³/mol. The van der Waals surface area contributed by atoms with Gasteiger partial charge in [-0.15, -0.1) is 0 Å². The maximum absolute atomic E-state index is 12.3. The van der Waals surface area contributed by atoms with Crippen LogP contribution in [0.15, 0.2) is 36.4 Å². The molecule has 0 atom stereocenters. The SMILES string of the molecule is CCOC(=O)c1cc(C#N)c(N2CCC(NC(=O)NS(=O)(=O)Cc3ccccc3)CC2)nc1C. The number of benzene rings is 1. The lowest BCUT2D eigenvalue weighted by Gasteiger charge is -2.33. The van der Waals surface area contributed by atoms with E-state index in [1.165, 1.54) is 6.07 Å². The molecule has 0 bridgehead atoms. The fourth-order valence-corrected chi connectivity index (χ4v) is 4.80. The molecule has 1 aromatic carbocycles. The maximum atomic E-state index is 12.3. The van der Waals surface area contributed by atoms with Gasteiger partial charge in [0.15, 0.2) is 0 Å². The van der Waals surface area contributed by atoms with E-state index >= 15 is 0 Å². The number of hydrogen-bond donors (Lipinski definition) is 2. The van der Waals surface area contributed by atoms with Gasteiger partial charge >= 0.3 is 12.0 Å². The fourth-order valence-electron chi connectivity index (χ4n) is 3.75. The molecule has 1 aliphatic rings. The second kappa shape index (κ2) is 11.0. The zero-order chi connectivity index (χ0) is 24.7. The van der Waals surface area contributed by atoms with Crippen LogP contribution in [0, 0.1) is 18.3 Å². The van der Waals surface area contributed by atoms with Crippen LogP contribution in [0.25, 0.3) is 0 Å². The molecule has 0 saturated carbocycles. The Balaban J connectivity index is 1.58. The average molecular weight is 486 g/mol. The van der Waals surface area contributed by atoms with Gasteiger partial charge in [-0.1, -0.05) is 30.3 Å². The van der Waals surface area contributed by atoms with E-state index in [1.807, 2.05) is 4.90 Å². The van der Waals surface area contributed by atoms with Crippen molar-refractivity contribution in [2.45, 2.75) is 38.5 Å². The van der Waals surface area contributed by atoms with Crippen molar-refractivity contribution < 1.29 is 22.7 Å². The van der Waals surface area contributed by atoms with Crippen LogP contribution in [-0.2, 0) is 20.5 Å². The van der Waals surface area contributed by atoms with E-state index in [-0.39, 0.29) is 29.5 Å². The molecule has 0 radical (unpaired) electrons. The molecule has 1 aliphatic heterocycles. The number of aromatic nitrogens is 1. The number of urea groups is 1. The Hall–Kier alpha value is -3.65. The number of hydrogen-bond acceptors (Lipinski definition) is 8. The quantitative estimate of drug-likeness (QED) is 0.569. The number of piperidine rings is 1. The summed E-state index contributed by atoms with van der Waals surface area (Å²) in [5.74, 6) is -0.336. The first-order valence-electron chi connectivity index (χ1n) is 10.9. The summed E-state index contributed by atoms with van der Waals surface area (Å²) in [6, 6.07) is 11.2. The highest BCUT2D eigenvalue weighted by molar-refractivity contribution is 7.89. The molecule has 11 heteroatoms. The van der Waals surface area contributed by atoms with Crippen LogP contribution in [0.3, 0.4) is 0 Å². The second-order valence-electron chi connectivity index (χ2n) is 7.91. The molecule has 1 saturated heterocycles. The molecule has 2 N–H and O–H groups in total. The first-order valence-corrected chi connectivity index (χ1v) is 12.6. The van der Waals surface area contributed by atoms with E-state index < -0.39 is 22.0 Å². The number of nitrogens with zero attached hydrogens (tertiary/aromatic N) is 3. The average Bonchev–Trinajstić information content (AvgIpc) is 2.79. The summed E-state index contributed by atoms with van der Waals surface area (Å²) in [6.45, 7) is 4.62. The van der Waals surface area contributed by atoms with Gasteiger partial charge in [-0.05, 0) is 38.3 Å². The molecule has 1 aromatic heterocycles. The summed E-state index contributed by atoms with van der Waals surface area (Å²) in [5, 5.41) is 12.3. The largest absolute Gasteiger partial charge is 0.462 e. The molecule has 2 heterocycles. The zero-order valence-electron chi connectivity index (χ0n) is 19.1. The van der Waals surface area contributed by atoms with Crippen molar-refractivity contribution in [1.29, 1.82) is 5.26 Å². The van der Waals surface area contributed by atoms with Crippen molar-refractivity contribution in [2.24, 2.45) is 0 Å². The third-order valence-corrected chi connectivity index (χ3v) is 6.60. The third kappa shape index (κ3) is 6.45. The molecule has 10 nitrogen and oxygen atoms in total. The summed E-state index contributed by atoms with van der Waals surface area (Å²) in [5.41, 5.74) is 1.58. The number of sulfonamides is 1. The summed E-state index contributed by atoms with van der Waals surface area (Å²) < 4.78 is 31.6. The van der Waals surface area contributed by atoms with Gasteiger partial charge in [-0.2, -0.15) is 5.26 Å². The molecule has 0 aliphatic carbocycles. The van der Waals surface area contributed by atoms with Gasteiger partial charge in [-0.25, -0.2) is 27.7 Å². The molecular weight excluding hydrogens is 458 g/mol. The highest BCUT2D eigenvalue weighted by Crippen LogP contribution is 2.25. The molecule has 34 heavy (non-hydrogen) atoms. The van der Waals surface area contributed by atoms with Gasteiger partial charge in [0.2, 0.25) is 10.0 Å². The Morgan fingerprint density at radius 1 is 1.24 bits per heavy atom. The zero-order valence-corrected chi connectivity index (χ0v) is 19.9. The molecule has 180 valence electrons. The number of anilines is 1. The lowest BCUT2D eigenvalue weighted by atomic mass is 10.0. The number of pyridine rings is 1. The van der Waals surface area contributed by atoms with Crippen LogP contribution in [0.4, 0.5) is 10.6 Å². The number of ether oxygens (including phenoxy) is 1. The van der Waals surface area contributed by atoms with Gasteiger partial charge in [0.25, 0.3) is 0 Å². The summed E-state index contributed by atoms with van der Waals surface area (Å²) in [7, 11) is -3.82. The Morgan fingerprint density at radius 2 is 1.91 bits per heavy atom. The summed E-state index contributed by atoms with van der Waals surface area (Å²) in [4.78, 5) is 30.7. The lowest BCUT2D eigenvalue weighted by molar-refractivity contribution is 0.0525. The first-order chi connectivity index (χ1) is 16.2. The fraction of sp³-hybridized carbons (Fsp3) is 0.391. The Bertz CT molecular complexity index is 1190. The highest BCUT2D eigenvalue weighted by atomic mass is 32.2. The predicted octanol–water partition coefficient (Wildman–Crippen LogP) is 2.24. The maximum Gasteiger partial charge on any atom is 0.340 e. The monoisotopic (exact) mass is 485 g/mol. The minimum Gasteiger partial charge on any atom is -0.462 e. The number of carbonyl (C=O) groups excluding carboxylic acids is 2. The topological polar surface area (TPSA) is 141 Å². The summed E-state index contributed by atoms with van der Waals surface area (Å²) >= 11 is 0. The molecule has 2 amide bonds. The van der Waals surface area contributed by atoms with Crippen LogP contribution in [0.1, 0.15) is 46.9 Å². The molecule has 0 unspecified atom stereocenters. The smallest absolute Gasteiger partial charge is 0.340 e. The minimum absolute atomic E-state index is 0.226. The van der Waals surface area contributed by atoms with Crippen LogP contribution in [0.2, 0.25) is 0 Å². The molecule has 2 aromatic rings. The van der Waals surface area contributed by atoms with Crippen LogP contribution < -0.4 is 14.9 Å². The van der Waals surface area contributed by atoms with E-state index in [9.17, 15) is 23.3 Å². The van der Waals surface area contributed by atoms with Crippen molar-refractivity contribution in [3.8, 4) is 6.07 Å². The van der Waals surface area contributed by atoms with Crippen LogP contribution in [0.5, 0.6) is 0 Å². The van der Waals surface area contributed by atoms with Gasteiger partial charge in [-0.3, -0.25) is 0 Å². The third-order valence-electron chi connectivity index (χ3n) is 5.39. The standard InChI is InChI=1S/C23H27N5O5S/c1-3-33-22(29)20-13-18(14-24)21(25-16(20)2)28-11-9-19(10-12-28)26-23(30)27-34(31,32)15-17-7-5-4-6-8-17/h4-8,13,19H,3,9-12,15H2,1-2H3,(H2,26,27,30). The minimum atomic E-state index is -3.82. The normalized spacial score (nSPS) is 14.2. The van der Waals surface area contributed by atoms with E-state index in [0.29, 0.717) is 43.0 Å². The Morgan fingerprint density at radius 3 is 2.53 bits per heavy atom. The number of nitrogens with one attached hydrogen (secondary N) is 2. The Kier molecular flexibility index (Phi) is 8.07. The summed E-state index contributed by atoms with van der Waals surface area (Å²) in [6.07, 6.45) is 1.08. The number of nitriles is 1. The molecular formula is C23H27N5O5S. The van der Waals surface area contributed by atoms with E-state index in [0.717, 1.165) is 0 Å². The van der Waals surface area contributed by atoms with Gasteiger partial charge in [0.1, 0.15) is 11.9 Å². The van der Waals surface area contributed by atoms with E-state index in [1.54, 1.807) is 44.2 Å². The number of aryl methyl sites for hydroxylation is 1. The van der Waals surface area contributed by atoms with Crippen molar-refractivity contribution in [3.63, 3.8) is 0 Å². The van der Waals surface area contributed by atoms with Crippen molar-refractivity contribution >= 4 is 27.8 Å². The second-order valence-corrected chi connectivity index (χ2v) is 9.63. The highest BCUT2D eigenvalue weighted by Gasteiger charge is 2.26.